The van der Waals surface area contributed by atoms with Crippen LogP contribution in [0.1, 0.15) is 146 Å². The van der Waals surface area contributed by atoms with Gasteiger partial charge in [0.05, 0.1) is 33.0 Å². The molecule has 3 aromatic rings. The second kappa shape index (κ2) is 25.6. The number of alkyl halides is 1. The highest BCUT2D eigenvalue weighted by Gasteiger charge is 2.29. The number of carbonyl (C=O) groups excluding carboxylic acids is 2. The number of aliphatic hydroxyl groups is 2. The molecule has 61 heavy (non-hydrogen) atoms. The van der Waals surface area contributed by atoms with Crippen LogP contribution >= 0.6 is 0 Å². The minimum atomic E-state index is -0.672. The van der Waals surface area contributed by atoms with Gasteiger partial charge in [-0.25, -0.2) is 14.0 Å². The molecule has 0 radical (unpaired) electrons. The van der Waals surface area contributed by atoms with Gasteiger partial charge >= 0.3 is 11.9 Å². The van der Waals surface area contributed by atoms with Gasteiger partial charge in [-0.15, -0.1) is 0 Å². The van der Waals surface area contributed by atoms with Gasteiger partial charge in [0.25, 0.3) is 0 Å². The van der Waals surface area contributed by atoms with E-state index in [1.54, 1.807) is 13.8 Å². The van der Waals surface area contributed by atoms with Crippen molar-refractivity contribution in [2.45, 2.75) is 143 Å². The first-order chi connectivity index (χ1) is 29.5. The van der Waals surface area contributed by atoms with E-state index in [9.17, 15) is 19.8 Å². The molecule has 0 bridgehead atoms. The molecular formula is C53H73FO7. The molecule has 4 rings (SSSR count). The molecule has 1 aliphatic rings. The molecule has 7 nitrogen and oxygen atoms in total. The van der Waals surface area contributed by atoms with E-state index in [-0.39, 0.29) is 33.0 Å². The maximum Gasteiger partial charge on any atom is 0.333 e. The Balaban J connectivity index is 1.65. The number of esters is 2. The number of halogens is 1. The quantitative estimate of drug-likeness (QED) is 0.0448. The zero-order chi connectivity index (χ0) is 44.2. The minimum absolute atomic E-state index is 0.153. The number of hydrogen-bond acceptors (Lipinski definition) is 7. The summed E-state index contributed by atoms with van der Waals surface area (Å²) in [6, 6.07) is 18.9. The lowest BCUT2D eigenvalue weighted by atomic mass is 9.77. The molecule has 0 spiro atoms. The summed E-state index contributed by atoms with van der Waals surface area (Å²) in [5.41, 5.74) is 7.30. The summed E-state index contributed by atoms with van der Waals surface area (Å²) < 4.78 is 32.6. The van der Waals surface area contributed by atoms with Crippen molar-refractivity contribution in [1.82, 2.24) is 0 Å². The molecule has 3 aromatic carbocycles. The Hall–Kier alpha value is -4.27. The Bertz CT molecular complexity index is 1800. The van der Waals surface area contributed by atoms with Crippen molar-refractivity contribution < 1.29 is 38.4 Å². The maximum atomic E-state index is 15.1. The molecular weight excluding hydrogens is 768 g/mol. The van der Waals surface area contributed by atoms with Gasteiger partial charge in [0.2, 0.25) is 0 Å². The van der Waals surface area contributed by atoms with Gasteiger partial charge < -0.3 is 24.4 Å². The maximum absolute atomic E-state index is 15.1. The Labute approximate surface area is 365 Å². The van der Waals surface area contributed by atoms with Crippen LogP contribution in [0, 0.1) is 11.3 Å². The molecule has 0 amide bonds. The number of rotatable bonds is 27. The average molecular weight is 841 g/mol. The van der Waals surface area contributed by atoms with Crippen molar-refractivity contribution in [2.75, 3.05) is 33.0 Å². The molecule has 8 heteroatoms. The molecule has 1 fully saturated rings. The molecule has 0 saturated heterocycles. The SMILES string of the molecule is C=C(C)C(=O)OCCCc1cc(-c2ccc(-c3ccc(C4CCC(CCCCC)CC4)cc3)cc2CF)cc(CCCOC(=O)C(=C)C)c1OCCC(CO)(CO)CCCC. The van der Waals surface area contributed by atoms with Gasteiger partial charge in [0.15, 0.2) is 0 Å². The van der Waals surface area contributed by atoms with Crippen molar-refractivity contribution in [3.8, 4) is 28.0 Å². The predicted molar refractivity (Wildman–Crippen MR) is 245 cm³/mol. The smallest absolute Gasteiger partial charge is 0.333 e. The van der Waals surface area contributed by atoms with Gasteiger partial charge in [0, 0.05) is 16.6 Å². The van der Waals surface area contributed by atoms with Crippen LogP contribution in [0.3, 0.4) is 0 Å². The predicted octanol–water partition coefficient (Wildman–Crippen LogP) is 12.4. The topological polar surface area (TPSA) is 102 Å². The van der Waals surface area contributed by atoms with Crippen molar-refractivity contribution in [3.63, 3.8) is 0 Å². The Morgan fingerprint density at radius 1 is 0.689 bits per heavy atom. The van der Waals surface area contributed by atoms with E-state index in [1.807, 2.05) is 24.3 Å². The van der Waals surface area contributed by atoms with E-state index in [2.05, 4.69) is 57.3 Å². The molecule has 0 aliphatic heterocycles. The molecule has 1 aliphatic carbocycles. The number of hydrogen-bond donors (Lipinski definition) is 2. The Morgan fingerprint density at radius 2 is 1.25 bits per heavy atom. The van der Waals surface area contributed by atoms with Crippen LogP contribution < -0.4 is 4.74 Å². The number of benzene rings is 3. The minimum Gasteiger partial charge on any atom is -0.493 e. The van der Waals surface area contributed by atoms with Gasteiger partial charge in [-0.3, -0.25) is 0 Å². The standard InChI is InChI=1S/C53H73FO7/c1-7-9-11-14-40-17-19-41(20-18-40)42-21-23-43(24-22-42)44-25-26-49(48(32-44)35-54)47-33-45(15-12-29-60-51(57)38(3)4)50(46(34-47)16-13-30-61-52(58)39(5)6)59-31-28-53(36-55,37-56)27-10-8-2/h21-26,32-34,40-41,55-56H,3,5,7-20,27-31,35-37H2,1-2,4,6H3. The van der Waals surface area contributed by atoms with Crippen LogP contribution in [0.2, 0.25) is 0 Å². The first kappa shape index (κ1) is 49.4. The summed E-state index contributed by atoms with van der Waals surface area (Å²) in [5, 5.41) is 20.7. The molecule has 0 atom stereocenters. The van der Waals surface area contributed by atoms with Crippen molar-refractivity contribution in [2.24, 2.45) is 11.3 Å². The lowest BCUT2D eigenvalue weighted by Gasteiger charge is -2.30. The fourth-order valence-electron chi connectivity index (χ4n) is 8.56. The second-order valence-electron chi connectivity index (χ2n) is 17.5. The van der Waals surface area contributed by atoms with Crippen LogP contribution in [-0.2, 0) is 38.6 Å². The molecule has 2 N–H and O–H groups in total. The van der Waals surface area contributed by atoms with Gasteiger partial charge in [-0.1, -0.05) is 102 Å². The molecule has 334 valence electrons. The van der Waals surface area contributed by atoms with E-state index in [1.165, 1.54) is 56.9 Å². The van der Waals surface area contributed by atoms with Crippen LogP contribution in [-0.4, -0.2) is 55.2 Å². The monoisotopic (exact) mass is 841 g/mol. The normalized spacial score (nSPS) is 15.3. The van der Waals surface area contributed by atoms with Crippen LogP contribution in [0.25, 0.3) is 22.3 Å². The van der Waals surface area contributed by atoms with E-state index < -0.39 is 24.0 Å². The highest BCUT2D eigenvalue weighted by atomic mass is 19.1. The molecule has 0 unspecified atom stereocenters. The summed E-state index contributed by atoms with van der Waals surface area (Å²) in [4.78, 5) is 24.4. The van der Waals surface area contributed by atoms with E-state index >= 15 is 4.39 Å². The molecule has 0 heterocycles. The summed E-state index contributed by atoms with van der Waals surface area (Å²) in [7, 11) is 0. The third-order valence-corrected chi connectivity index (χ3v) is 12.5. The Morgan fingerprint density at radius 3 is 1.77 bits per heavy atom. The summed E-state index contributed by atoms with van der Waals surface area (Å²) >= 11 is 0. The van der Waals surface area contributed by atoms with E-state index in [4.69, 9.17) is 14.2 Å². The van der Waals surface area contributed by atoms with Crippen LogP contribution in [0.4, 0.5) is 4.39 Å². The fraction of sp³-hybridized carbons (Fsp3) is 0.547. The number of ether oxygens (including phenoxy) is 3. The van der Waals surface area contributed by atoms with Crippen LogP contribution in [0.5, 0.6) is 5.75 Å². The lowest BCUT2D eigenvalue weighted by Crippen LogP contribution is -2.32. The zero-order valence-corrected chi connectivity index (χ0v) is 37.6. The van der Waals surface area contributed by atoms with Gasteiger partial charge in [-0.2, -0.15) is 0 Å². The third kappa shape index (κ3) is 15.0. The third-order valence-electron chi connectivity index (χ3n) is 12.5. The zero-order valence-electron chi connectivity index (χ0n) is 37.6. The highest BCUT2D eigenvalue weighted by molar-refractivity contribution is 5.87. The van der Waals surface area contributed by atoms with Crippen molar-refractivity contribution >= 4 is 11.9 Å². The van der Waals surface area contributed by atoms with E-state index in [0.717, 1.165) is 52.1 Å². The number of unbranched alkanes of at least 4 members (excludes halogenated alkanes) is 3. The number of aryl methyl sites for hydroxylation is 2. The fourth-order valence-corrected chi connectivity index (χ4v) is 8.56. The lowest BCUT2D eigenvalue weighted by molar-refractivity contribution is -0.139. The number of carbonyl (C=O) groups is 2. The Kier molecular flexibility index (Phi) is 20.7. The first-order valence-electron chi connectivity index (χ1n) is 22.9. The first-order valence-corrected chi connectivity index (χ1v) is 22.9. The summed E-state index contributed by atoms with van der Waals surface area (Å²) in [6.45, 7) is 14.6. The number of aliphatic hydroxyl groups excluding tert-OH is 2. The van der Waals surface area contributed by atoms with Gasteiger partial charge in [0.1, 0.15) is 12.4 Å². The van der Waals surface area contributed by atoms with Crippen molar-refractivity contribution in [1.29, 1.82) is 0 Å². The highest BCUT2D eigenvalue weighted by Crippen LogP contribution is 2.40. The van der Waals surface area contributed by atoms with E-state index in [0.29, 0.717) is 66.9 Å². The van der Waals surface area contributed by atoms with Crippen molar-refractivity contribution in [3.05, 3.63) is 101 Å². The largest absolute Gasteiger partial charge is 0.493 e. The average Bonchev–Trinajstić information content (AvgIpc) is 3.28. The molecule has 0 aromatic heterocycles. The summed E-state index contributed by atoms with van der Waals surface area (Å²) in [6.07, 6.45) is 15.4. The molecule has 1 saturated carbocycles. The van der Waals surface area contributed by atoms with Crippen LogP contribution in [0.15, 0.2) is 78.9 Å². The second-order valence-corrected chi connectivity index (χ2v) is 17.5. The summed E-state index contributed by atoms with van der Waals surface area (Å²) in [5.74, 6) is 1.22. The van der Waals surface area contributed by atoms with Gasteiger partial charge in [-0.05, 0) is 153 Å².